The first-order chi connectivity index (χ1) is 4.12. The second-order valence-electron chi connectivity index (χ2n) is 1.15. The highest BCUT2D eigenvalue weighted by Crippen LogP contribution is 2.50. The maximum atomic E-state index is 9.45. The van der Waals surface area contributed by atoms with Gasteiger partial charge in [0.25, 0.3) is 0 Å². The van der Waals surface area contributed by atoms with Gasteiger partial charge in [-0.15, -0.1) is 4.91 Å². The molecule has 0 aliphatic carbocycles. The lowest BCUT2D eigenvalue weighted by Crippen LogP contribution is -1.87. The van der Waals surface area contributed by atoms with Crippen LogP contribution in [0, 0.1) is 4.91 Å². The number of hydrogen-bond acceptors (Lipinski definition) is 5. The van der Waals surface area contributed by atoms with Crippen molar-refractivity contribution < 1.29 is 9.79 Å². The van der Waals surface area contributed by atoms with E-state index < -0.39 is 14.2 Å². The van der Waals surface area contributed by atoms with Crippen LogP contribution in [0.5, 0.6) is 0 Å². The first kappa shape index (κ1) is 8.26. The second kappa shape index (κ2) is 3.32. The zero-order valence-corrected chi connectivity index (χ0v) is 5.14. The molecule has 0 rings (SSSR count). The SMILES string of the molecule is [N-]=[N+]=NC[P+](O)(O)N=O. The third kappa shape index (κ3) is 3.81. The van der Waals surface area contributed by atoms with E-state index in [2.05, 4.69) is 10.0 Å². The third-order valence-corrected chi connectivity index (χ3v) is 1.21. The highest BCUT2D eigenvalue weighted by atomic mass is 31.2. The molecule has 0 aliphatic heterocycles. The Morgan fingerprint density at radius 1 is 1.67 bits per heavy atom. The maximum absolute atomic E-state index is 9.45. The second-order valence-corrected chi connectivity index (χ2v) is 2.98. The molecule has 0 aromatic rings. The number of nitrogens with zero attached hydrogens (tertiary/aromatic N) is 4. The molecule has 0 aromatic carbocycles. The van der Waals surface area contributed by atoms with Gasteiger partial charge in [0, 0.05) is 4.91 Å². The summed E-state index contributed by atoms with van der Waals surface area (Å²) >= 11 is 0. The highest BCUT2D eigenvalue weighted by Gasteiger charge is 2.34. The van der Waals surface area contributed by atoms with E-state index >= 15 is 0 Å². The van der Waals surface area contributed by atoms with Gasteiger partial charge in [-0.1, -0.05) is 0 Å². The van der Waals surface area contributed by atoms with E-state index in [1.165, 1.54) is 0 Å². The zero-order chi connectivity index (χ0) is 7.33. The Hall–Kier alpha value is -0.740. The molecule has 50 valence electrons. The van der Waals surface area contributed by atoms with Crippen LogP contribution in [0.4, 0.5) is 0 Å². The largest absolute Gasteiger partial charge is 0.442 e. The van der Waals surface area contributed by atoms with Crippen LogP contribution in [0.15, 0.2) is 10.1 Å². The average molecular weight is 151 g/mol. The molecule has 0 aromatic heterocycles. The zero-order valence-electron chi connectivity index (χ0n) is 4.25. The fourth-order valence-corrected chi connectivity index (χ4v) is 0.417. The molecule has 0 saturated carbocycles. The molecule has 2 N–H and O–H groups in total. The first-order valence-electron chi connectivity index (χ1n) is 1.82. The van der Waals surface area contributed by atoms with Crippen molar-refractivity contribution in [2.45, 2.75) is 0 Å². The van der Waals surface area contributed by atoms with E-state index in [4.69, 9.17) is 15.3 Å². The minimum Gasteiger partial charge on any atom is -0.194 e. The Kier molecular flexibility index (Phi) is 3.05. The van der Waals surface area contributed by atoms with Crippen molar-refractivity contribution in [3.8, 4) is 0 Å². The third-order valence-electron chi connectivity index (χ3n) is 0.447. The van der Waals surface area contributed by atoms with Gasteiger partial charge in [0.1, 0.15) is 0 Å². The van der Waals surface area contributed by atoms with Gasteiger partial charge in [0.05, 0.1) is 0 Å². The van der Waals surface area contributed by atoms with Crippen molar-refractivity contribution in [1.82, 2.24) is 0 Å². The molecular formula is CH4N4O3P+. The monoisotopic (exact) mass is 151 g/mol. The fraction of sp³-hybridized carbons (Fsp3) is 1.00. The molecule has 0 unspecified atom stereocenters. The molecule has 7 nitrogen and oxygen atoms in total. The quantitative estimate of drug-likeness (QED) is 0.204. The van der Waals surface area contributed by atoms with Crippen molar-refractivity contribution in [3.05, 3.63) is 15.3 Å². The minimum absolute atomic E-state index is 0.660. The molecule has 0 fully saturated rings. The van der Waals surface area contributed by atoms with Crippen molar-refractivity contribution in [2.75, 3.05) is 6.29 Å². The van der Waals surface area contributed by atoms with Crippen LogP contribution in [-0.4, -0.2) is 16.1 Å². The molecule has 0 saturated heterocycles. The van der Waals surface area contributed by atoms with E-state index in [-0.39, 0.29) is 0 Å². The van der Waals surface area contributed by atoms with E-state index in [0.717, 1.165) is 0 Å². The van der Waals surface area contributed by atoms with Crippen LogP contribution in [0.25, 0.3) is 10.4 Å². The van der Waals surface area contributed by atoms with Crippen molar-refractivity contribution in [3.63, 3.8) is 0 Å². The van der Waals surface area contributed by atoms with E-state index in [1.807, 2.05) is 4.95 Å². The predicted octanol–water partition coefficient (Wildman–Crippen LogP) is 0.768. The van der Waals surface area contributed by atoms with E-state index in [1.54, 1.807) is 0 Å². The number of azide groups is 1. The van der Waals surface area contributed by atoms with Gasteiger partial charge in [-0.25, -0.2) is 0 Å². The van der Waals surface area contributed by atoms with E-state index in [9.17, 15) is 4.91 Å². The fourth-order valence-electron chi connectivity index (χ4n) is 0.139. The first-order valence-corrected chi connectivity index (χ1v) is 3.65. The summed E-state index contributed by atoms with van der Waals surface area (Å²) in [6.07, 6.45) is -0.660. The Balaban J connectivity index is 3.85. The van der Waals surface area contributed by atoms with E-state index in [0.29, 0.717) is 0 Å². The molecule has 0 aliphatic rings. The van der Waals surface area contributed by atoms with Crippen LogP contribution < -0.4 is 0 Å². The topological polar surface area (TPSA) is 119 Å². The van der Waals surface area contributed by atoms with Gasteiger partial charge in [-0.05, 0) is 10.6 Å². The molecule has 9 heavy (non-hydrogen) atoms. The van der Waals surface area contributed by atoms with Crippen molar-refractivity contribution in [2.24, 2.45) is 10.1 Å². The standard InChI is InChI=1S/CH4N4O3P/c2-4-3-1-9(7,8)5-6/h7-8H,1H2/q+1. The van der Waals surface area contributed by atoms with Gasteiger partial charge < -0.3 is 0 Å². The Bertz CT molecular complexity index is 150. The lowest BCUT2D eigenvalue weighted by Gasteiger charge is -1.93. The molecule has 0 bridgehead atoms. The average Bonchev–Trinajstić information content (AvgIpc) is 1.84. The summed E-state index contributed by atoms with van der Waals surface area (Å²) in [5, 5.41) is 2.75. The van der Waals surface area contributed by atoms with Crippen LogP contribution >= 0.6 is 7.87 Å². The molecule has 0 radical (unpaired) electrons. The summed E-state index contributed by atoms with van der Waals surface area (Å²) in [4.78, 5) is 30.4. The lowest BCUT2D eigenvalue weighted by molar-refractivity contribution is 0.451. The Morgan fingerprint density at radius 2 is 2.22 bits per heavy atom. The van der Waals surface area contributed by atoms with Gasteiger partial charge >= 0.3 is 7.87 Å². The van der Waals surface area contributed by atoms with Crippen LogP contribution in [-0.2, 0) is 0 Å². The smallest absolute Gasteiger partial charge is 0.194 e. The summed E-state index contributed by atoms with van der Waals surface area (Å²) in [7, 11) is -3.79. The number of nitroso groups, excluding NO2 is 1. The van der Waals surface area contributed by atoms with Gasteiger partial charge in [0.2, 0.25) is 6.29 Å². The summed E-state index contributed by atoms with van der Waals surface area (Å²) in [6.45, 7) is 0. The molecule has 8 heteroatoms. The molecule has 0 heterocycles. The molecular weight excluding hydrogens is 147 g/mol. The van der Waals surface area contributed by atoms with Gasteiger partial charge in [0.15, 0.2) is 4.95 Å². The predicted molar refractivity (Wildman–Crippen MR) is 31.2 cm³/mol. The Morgan fingerprint density at radius 3 is 2.56 bits per heavy atom. The Labute approximate surface area is 50.5 Å². The molecule has 0 spiro atoms. The molecule has 0 atom stereocenters. The van der Waals surface area contributed by atoms with Crippen LogP contribution in [0.3, 0.4) is 0 Å². The summed E-state index contributed by atoms with van der Waals surface area (Å²) < 4.78 is 0. The lowest BCUT2D eigenvalue weighted by atomic mass is 11.5. The van der Waals surface area contributed by atoms with Crippen molar-refractivity contribution in [1.29, 1.82) is 0 Å². The van der Waals surface area contributed by atoms with Crippen molar-refractivity contribution >= 4 is 7.87 Å². The van der Waals surface area contributed by atoms with Gasteiger partial charge in [-0.3, -0.25) is 0 Å². The normalized spacial score (nSPS) is 10.0. The summed E-state index contributed by atoms with van der Waals surface area (Å²) in [5.41, 5.74) is 7.64. The molecule has 0 amide bonds. The van der Waals surface area contributed by atoms with Gasteiger partial charge in [-0.2, -0.15) is 9.79 Å². The minimum atomic E-state index is -3.79. The number of hydrogen-bond donors (Lipinski definition) is 2. The maximum Gasteiger partial charge on any atom is 0.442 e. The summed E-state index contributed by atoms with van der Waals surface area (Å²) in [5.74, 6) is 0. The van der Waals surface area contributed by atoms with Crippen LogP contribution in [0.2, 0.25) is 0 Å². The number of rotatable bonds is 3. The van der Waals surface area contributed by atoms with Crippen LogP contribution in [0.1, 0.15) is 0 Å². The highest BCUT2D eigenvalue weighted by molar-refractivity contribution is 7.63. The summed E-state index contributed by atoms with van der Waals surface area (Å²) in [6, 6.07) is 0.